The van der Waals surface area contributed by atoms with Crippen molar-refractivity contribution in [1.82, 2.24) is 4.57 Å². The summed E-state index contributed by atoms with van der Waals surface area (Å²) in [6.07, 6.45) is 18.7. The number of hydrogen-bond acceptors (Lipinski definition) is 3. The number of nitrogens with one attached hydrogen (secondary N) is 1. The molecule has 0 aliphatic heterocycles. The van der Waals surface area contributed by atoms with Crippen molar-refractivity contribution in [1.29, 1.82) is 5.26 Å². The number of rotatable bonds is 19. The van der Waals surface area contributed by atoms with Crippen LogP contribution in [0.4, 0.5) is 5.82 Å². The Labute approximate surface area is 241 Å². The highest BCUT2D eigenvalue weighted by atomic mass is 16.5. The molecule has 5 heteroatoms. The molecule has 1 amide bonds. The summed E-state index contributed by atoms with van der Waals surface area (Å²) in [5.41, 5.74) is 2.76. The van der Waals surface area contributed by atoms with E-state index in [-0.39, 0.29) is 5.91 Å². The second-order valence-corrected chi connectivity index (χ2v) is 11.1. The quantitative estimate of drug-likeness (QED) is 0.153. The monoisotopic (exact) mass is 543 g/mol. The molecule has 1 atom stereocenters. The molecule has 3 rings (SSSR count). The minimum absolute atomic E-state index is 0.186. The lowest BCUT2D eigenvalue weighted by atomic mass is 10.0. The van der Waals surface area contributed by atoms with Gasteiger partial charge in [-0.15, -0.1) is 0 Å². The summed E-state index contributed by atoms with van der Waals surface area (Å²) in [5, 5.41) is 13.3. The molecule has 0 aliphatic rings. The van der Waals surface area contributed by atoms with Gasteiger partial charge in [0.25, 0.3) is 5.91 Å². The van der Waals surface area contributed by atoms with Crippen molar-refractivity contribution in [3.05, 3.63) is 59.7 Å². The van der Waals surface area contributed by atoms with Crippen LogP contribution in [0.2, 0.25) is 0 Å². The molecule has 2 aromatic carbocycles. The Balaban J connectivity index is 1.38. The summed E-state index contributed by atoms with van der Waals surface area (Å²) in [6.45, 7) is 4.23. The van der Waals surface area contributed by atoms with Gasteiger partial charge in [0.1, 0.15) is 11.6 Å². The van der Waals surface area contributed by atoms with Crippen molar-refractivity contribution in [3.8, 4) is 11.8 Å². The van der Waals surface area contributed by atoms with Crippen LogP contribution < -0.4 is 10.1 Å². The van der Waals surface area contributed by atoms with Gasteiger partial charge in [0.15, 0.2) is 6.10 Å². The lowest BCUT2D eigenvalue weighted by molar-refractivity contribution is -0.122. The first-order valence-corrected chi connectivity index (χ1v) is 15.6. The van der Waals surface area contributed by atoms with Crippen LogP contribution in [0, 0.1) is 11.3 Å². The van der Waals surface area contributed by atoms with Crippen molar-refractivity contribution in [3.63, 3.8) is 0 Å². The molecule has 3 aromatic rings. The third-order valence-corrected chi connectivity index (χ3v) is 7.87. The second-order valence-electron chi connectivity index (χ2n) is 11.1. The van der Waals surface area contributed by atoms with E-state index in [4.69, 9.17) is 4.74 Å². The Morgan fingerprint density at radius 1 is 0.875 bits per heavy atom. The largest absolute Gasteiger partial charge is 0.481 e. The SMILES string of the molecule is CCCCCCCCCCCCCCCc1cccc(OC(CC)C(=O)Nc2cc3c(C#N)cccc3n2C)c1. The smallest absolute Gasteiger partial charge is 0.266 e. The number of amides is 1. The molecule has 1 unspecified atom stereocenters. The number of benzene rings is 2. The van der Waals surface area contributed by atoms with Crippen LogP contribution in [-0.2, 0) is 18.3 Å². The van der Waals surface area contributed by atoms with E-state index < -0.39 is 6.10 Å². The molecule has 0 bridgehead atoms. The van der Waals surface area contributed by atoms with Crippen molar-refractivity contribution in [2.45, 2.75) is 116 Å². The summed E-state index contributed by atoms with van der Waals surface area (Å²) < 4.78 is 8.04. The summed E-state index contributed by atoms with van der Waals surface area (Å²) >= 11 is 0. The molecule has 1 N–H and O–H groups in total. The van der Waals surface area contributed by atoms with E-state index in [2.05, 4.69) is 30.4 Å². The average molecular weight is 544 g/mol. The minimum atomic E-state index is -0.597. The molecule has 0 fully saturated rings. The standard InChI is InChI=1S/C35H49N3O2/c1-4-6-7-8-9-10-11-12-13-14-15-16-17-20-28-21-18-23-30(25-28)40-33(5-2)35(39)37-34-26-31-29(27-36)22-19-24-32(31)38(34)3/h18-19,21-26,33H,4-17,20H2,1-3H3,(H,37,39). The molecule has 1 aromatic heterocycles. The molecule has 0 saturated heterocycles. The number of carbonyl (C=O) groups is 1. The Kier molecular flexibility index (Phi) is 13.6. The molecule has 216 valence electrons. The van der Waals surface area contributed by atoms with E-state index in [1.807, 2.05) is 48.9 Å². The molecule has 0 radical (unpaired) electrons. The third kappa shape index (κ3) is 9.73. The first kappa shape index (κ1) is 31.3. The molecule has 0 aliphatic carbocycles. The van der Waals surface area contributed by atoms with E-state index in [9.17, 15) is 10.1 Å². The van der Waals surface area contributed by atoms with Gasteiger partial charge in [-0.1, -0.05) is 109 Å². The minimum Gasteiger partial charge on any atom is -0.481 e. The number of nitriles is 1. The van der Waals surface area contributed by atoms with Crippen molar-refractivity contribution in [2.75, 3.05) is 5.32 Å². The predicted octanol–water partition coefficient (Wildman–Crippen LogP) is 9.48. The van der Waals surface area contributed by atoms with Gasteiger partial charge < -0.3 is 14.6 Å². The fraction of sp³-hybridized carbons (Fsp3) is 0.543. The Bertz CT molecular complexity index is 1220. The first-order valence-electron chi connectivity index (χ1n) is 15.6. The lowest BCUT2D eigenvalue weighted by Crippen LogP contribution is -2.33. The highest BCUT2D eigenvalue weighted by molar-refractivity contribution is 5.98. The van der Waals surface area contributed by atoms with Crippen molar-refractivity contribution < 1.29 is 9.53 Å². The van der Waals surface area contributed by atoms with Gasteiger partial charge in [0, 0.05) is 12.4 Å². The molecule has 0 spiro atoms. The second kappa shape index (κ2) is 17.4. The zero-order valence-corrected chi connectivity index (χ0v) is 25.0. The maximum Gasteiger partial charge on any atom is 0.266 e. The summed E-state index contributed by atoms with van der Waals surface area (Å²) in [4.78, 5) is 13.1. The van der Waals surface area contributed by atoms with Gasteiger partial charge in [0.2, 0.25) is 0 Å². The lowest BCUT2D eigenvalue weighted by Gasteiger charge is -2.18. The molecular weight excluding hydrogens is 494 g/mol. The Morgan fingerprint density at radius 3 is 2.12 bits per heavy atom. The van der Waals surface area contributed by atoms with E-state index in [1.54, 1.807) is 6.07 Å². The molecule has 5 nitrogen and oxygen atoms in total. The van der Waals surface area contributed by atoms with Crippen LogP contribution in [0.3, 0.4) is 0 Å². The van der Waals surface area contributed by atoms with E-state index in [1.165, 1.54) is 89.0 Å². The average Bonchev–Trinajstić information content (AvgIpc) is 3.29. The van der Waals surface area contributed by atoms with Gasteiger partial charge in [0.05, 0.1) is 17.1 Å². The van der Waals surface area contributed by atoms with E-state index in [0.717, 1.165) is 23.1 Å². The number of anilines is 1. The third-order valence-electron chi connectivity index (χ3n) is 7.87. The van der Waals surface area contributed by atoms with E-state index >= 15 is 0 Å². The normalized spacial score (nSPS) is 11.8. The topological polar surface area (TPSA) is 67.0 Å². The summed E-state index contributed by atoms with van der Waals surface area (Å²) in [5.74, 6) is 1.20. The van der Waals surface area contributed by atoms with Crippen LogP contribution in [0.25, 0.3) is 10.9 Å². The zero-order chi connectivity index (χ0) is 28.6. The van der Waals surface area contributed by atoms with Crippen LogP contribution in [-0.4, -0.2) is 16.6 Å². The van der Waals surface area contributed by atoms with E-state index in [0.29, 0.717) is 17.8 Å². The number of aryl methyl sites for hydroxylation is 2. The number of nitrogens with zero attached hydrogens (tertiary/aromatic N) is 2. The fourth-order valence-corrected chi connectivity index (χ4v) is 5.39. The highest BCUT2D eigenvalue weighted by Gasteiger charge is 2.21. The number of unbranched alkanes of at least 4 members (excludes halogenated alkanes) is 12. The van der Waals surface area contributed by atoms with Crippen LogP contribution in [0.5, 0.6) is 5.75 Å². The molecule has 40 heavy (non-hydrogen) atoms. The molecule has 1 heterocycles. The maximum atomic E-state index is 13.1. The van der Waals surface area contributed by atoms with Crippen molar-refractivity contribution >= 4 is 22.6 Å². The fourth-order valence-electron chi connectivity index (χ4n) is 5.39. The van der Waals surface area contributed by atoms with Gasteiger partial charge >= 0.3 is 0 Å². The maximum absolute atomic E-state index is 13.1. The summed E-state index contributed by atoms with van der Waals surface area (Å²) in [6, 6.07) is 17.8. The van der Waals surface area contributed by atoms with Gasteiger partial charge in [-0.25, -0.2) is 0 Å². The van der Waals surface area contributed by atoms with Gasteiger partial charge in [-0.2, -0.15) is 5.26 Å². The van der Waals surface area contributed by atoms with Crippen LogP contribution in [0.15, 0.2) is 48.5 Å². The Hall–Kier alpha value is -3.26. The highest BCUT2D eigenvalue weighted by Crippen LogP contribution is 2.26. The Morgan fingerprint density at radius 2 is 1.50 bits per heavy atom. The predicted molar refractivity (Wildman–Crippen MR) is 167 cm³/mol. The molecule has 0 saturated carbocycles. The number of hydrogen-bond donors (Lipinski definition) is 1. The van der Waals surface area contributed by atoms with Gasteiger partial charge in [-0.05, 0) is 55.2 Å². The number of ether oxygens (including phenoxy) is 1. The van der Waals surface area contributed by atoms with Crippen molar-refractivity contribution in [2.24, 2.45) is 7.05 Å². The number of carbonyl (C=O) groups excluding carboxylic acids is 1. The van der Waals surface area contributed by atoms with Crippen LogP contribution >= 0.6 is 0 Å². The number of fused-ring (bicyclic) bond motifs is 1. The first-order chi connectivity index (χ1) is 19.6. The molecular formula is C35H49N3O2. The summed E-state index contributed by atoms with van der Waals surface area (Å²) in [7, 11) is 1.89. The zero-order valence-electron chi connectivity index (χ0n) is 25.0. The van der Waals surface area contributed by atoms with Crippen LogP contribution in [0.1, 0.15) is 115 Å². The van der Waals surface area contributed by atoms with Gasteiger partial charge in [-0.3, -0.25) is 4.79 Å². The number of aromatic nitrogens is 1.